The summed E-state index contributed by atoms with van der Waals surface area (Å²) in [5.74, 6) is 1.08. The van der Waals surface area contributed by atoms with Crippen molar-refractivity contribution >= 4 is 0 Å². The first-order valence-electron chi connectivity index (χ1n) is 8.85. The van der Waals surface area contributed by atoms with Gasteiger partial charge >= 0.3 is 0 Å². The second-order valence-corrected chi connectivity index (χ2v) is 7.09. The molecular weight excluding hydrogens is 282 g/mol. The zero-order chi connectivity index (χ0) is 15.7. The van der Waals surface area contributed by atoms with Gasteiger partial charge in [0.25, 0.3) is 0 Å². The van der Waals surface area contributed by atoms with Crippen LogP contribution in [0, 0.1) is 0 Å². The fourth-order valence-electron chi connectivity index (χ4n) is 4.23. The molecule has 0 bridgehead atoms. The largest absolute Gasteiger partial charge is 0.487 e. The lowest BCUT2D eigenvalue weighted by Crippen LogP contribution is -2.42. The summed E-state index contributed by atoms with van der Waals surface area (Å²) < 4.78 is 6.46. The van der Waals surface area contributed by atoms with E-state index >= 15 is 0 Å². The zero-order valence-corrected chi connectivity index (χ0v) is 13.8. The molecule has 2 aliphatic rings. The van der Waals surface area contributed by atoms with Gasteiger partial charge in [0.1, 0.15) is 11.4 Å². The molecule has 2 unspecified atom stereocenters. The first-order valence-corrected chi connectivity index (χ1v) is 8.85. The number of hydrogen-bond acceptors (Lipinski definition) is 2. The van der Waals surface area contributed by atoms with Crippen LogP contribution in [0.4, 0.5) is 0 Å². The van der Waals surface area contributed by atoms with Crippen LogP contribution in [-0.4, -0.2) is 5.60 Å². The second kappa shape index (κ2) is 6.01. The Labute approximate surface area is 138 Å². The van der Waals surface area contributed by atoms with Crippen molar-refractivity contribution < 1.29 is 4.74 Å². The van der Waals surface area contributed by atoms with Gasteiger partial charge in [0.15, 0.2) is 0 Å². The maximum atomic E-state index is 6.46. The number of hydrogen-bond donors (Lipinski definition) is 1. The molecule has 0 amide bonds. The van der Waals surface area contributed by atoms with Gasteiger partial charge in [-0.2, -0.15) is 0 Å². The summed E-state index contributed by atoms with van der Waals surface area (Å²) in [6.07, 6.45) is 6.06. The molecule has 2 aromatic rings. The summed E-state index contributed by atoms with van der Waals surface area (Å²) in [6, 6.07) is 20.0. The molecule has 1 spiro atoms. The van der Waals surface area contributed by atoms with E-state index in [9.17, 15) is 0 Å². The number of para-hydroxylation sites is 1. The predicted molar refractivity (Wildman–Crippen MR) is 93.6 cm³/mol. The van der Waals surface area contributed by atoms with Gasteiger partial charge in [-0.15, -0.1) is 0 Å². The Morgan fingerprint density at radius 2 is 1.70 bits per heavy atom. The average Bonchev–Trinajstić information content (AvgIpc) is 3.03. The minimum Gasteiger partial charge on any atom is -0.487 e. The van der Waals surface area contributed by atoms with Gasteiger partial charge in [-0.05, 0) is 44.2 Å². The van der Waals surface area contributed by atoms with Crippen LogP contribution in [-0.2, 0) is 0 Å². The molecule has 0 aromatic heterocycles. The van der Waals surface area contributed by atoms with Gasteiger partial charge in [0.2, 0.25) is 0 Å². The summed E-state index contributed by atoms with van der Waals surface area (Å²) in [7, 11) is 0. The maximum Gasteiger partial charge on any atom is 0.124 e. The van der Waals surface area contributed by atoms with Gasteiger partial charge in [-0.25, -0.2) is 0 Å². The highest BCUT2D eigenvalue weighted by Crippen LogP contribution is 2.47. The van der Waals surface area contributed by atoms with Crippen LogP contribution in [0.1, 0.15) is 62.2 Å². The molecular formula is C21H25NO. The summed E-state index contributed by atoms with van der Waals surface area (Å²) in [5, 5.41) is 3.86. The quantitative estimate of drug-likeness (QED) is 0.844. The Bertz CT molecular complexity index is 661. The summed E-state index contributed by atoms with van der Waals surface area (Å²) in [5.41, 5.74) is 2.72. The molecule has 2 aromatic carbocycles. The molecule has 1 saturated carbocycles. The van der Waals surface area contributed by atoms with E-state index in [1.165, 1.54) is 36.8 Å². The molecule has 0 saturated heterocycles. The van der Waals surface area contributed by atoms with E-state index < -0.39 is 0 Å². The molecule has 4 rings (SSSR count). The zero-order valence-electron chi connectivity index (χ0n) is 13.8. The standard InChI is InChI=1S/C21H25NO/c1-16(17-9-3-2-4-10-17)22-19-15-21(13-7-8-14-21)23-20-12-6-5-11-18(19)20/h2-6,9-12,16,19,22H,7-8,13-15H2,1H3. The smallest absolute Gasteiger partial charge is 0.124 e. The third-order valence-corrected chi connectivity index (χ3v) is 5.46. The van der Waals surface area contributed by atoms with Crippen LogP contribution in [0.15, 0.2) is 54.6 Å². The van der Waals surface area contributed by atoms with E-state index in [2.05, 4.69) is 66.8 Å². The van der Waals surface area contributed by atoms with Crippen LogP contribution in [0.3, 0.4) is 0 Å². The normalized spacial score (nSPS) is 23.3. The fourth-order valence-corrected chi connectivity index (χ4v) is 4.23. The third kappa shape index (κ3) is 2.88. The van der Waals surface area contributed by atoms with Crippen molar-refractivity contribution in [2.75, 3.05) is 0 Å². The molecule has 1 N–H and O–H groups in total. The SMILES string of the molecule is CC(NC1CC2(CCCC2)Oc2ccccc21)c1ccccc1. The van der Waals surface area contributed by atoms with E-state index in [0.29, 0.717) is 12.1 Å². The van der Waals surface area contributed by atoms with Crippen molar-refractivity contribution in [3.05, 3.63) is 65.7 Å². The summed E-state index contributed by atoms with van der Waals surface area (Å²) >= 11 is 0. The van der Waals surface area contributed by atoms with Gasteiger partial charge in [-0.1, -0.05) is 48.5 Å². The van der Waals surface area contributed by atoms with Crippen molar-refractivity contribution in [2.45, 2.75) is 56.7 Å². The lowest BCUT2D eigenvalue weighted by Gasteiger charge is -2.41. The third-order valence-electron chi connectivity index (χ3n) is 5.46. The van der Waals surface area contributed by atoms with E-state index in [1.807, 2.05) is 0 Å². The topological polar surface area (TPSA) is 21.3 Å². The van der Waals surface area contributed by atoms with Crippen LogP contribution in [0.25, 0.3) is 0 Å². The van der Waals surface area contributed by atoms with Crippen molar-refractivity contribution in [3.8, 4) is 5.75 Å². The van der Waals surface area contributed by atoms with Crippen molar-refractivity contribution in [3.63, 3.8) is 0 Å². The molecule has 1 aliphatic heterocycles. The first kappa shape index (κ1) is 14.8. The van der Waals surface area contributed by atoms with E-state index in [4.69, 9.17) is 4.74 Å². The molecule has 23 heavy (non-hydrogen) atoms. The van der Waals surface area contributed by atoms with Crippen LogP contribution < -0.4 is 10.1 Å². The molecule has 0 radical (unpaired) electrons. The number of nitrogens with one attached hydrogen (secondary N) is 1. The maximum absolute atomic E-state index is 6.46. The predicted octanol–water partition coefficient (Wildman–Crippen LogP) is 5.17. The molecule has 2 nitrogen and oxygen atoms in total. The van der Waals surface area contributed by atoms with Crippen molar-refractivity contribution in [1.29, 1.82) is 0 Å². The average molecular weight is 307 g/mol. The molecule has 1 aliphatic carbocycles. The van der Waals surface area contributed by atoms with Gasteiger partial charge in [0, 0.05) is 24.1 Å². The molecule has 120 valence electrons. The van der Waals surface area contributed by atoms with Gasteiger partial charge in [-0.3, -0.25) is 0 Å². The Kier molecular flexibility index (Phi) is 3.86. The van der Waals surface area contributed by atoms with Crippen molar-refractivity contribution in [1.82, 2.24) is 5.32 Å². The Morgan fingerprint density at radius 3 is 2.48 bits per heavy atom. The summed E-state index contributed by atoms with van der Waals surface area (Å²) in [4.78, 5) is 0. The lowest BCUT2D eigenvalue weighted by atomic mass is 9.85. The lowest BCUT2D eigenvalue weighted by molar-refractivity contribution is 0.0351. The van der Waals surface area contributed by atoms with E-state index in [-0.39, 0.29) is 5.60 Å². The molecule has 1 heterocycles. The van der Waals surface area contributed by atoms with Crippen LogP contribution in [0.5, 0.6) is 5.75 Å². The number of benzene rings is 2. The van der Waals surface area contributed by atoms with Gasteiger partial charge in [0.05, 0.1) is 0 Å². The highest BCUT2D eigenvalue weighted by molar-refractivity contribution is 5.39. The van der Waals surface area contributed by atoms with Crippen LogP contribution in [0.2, 0.25) is 0 Å². The molecule has 2 atom stereocenters. The Balaban J connectivity index is 1.61. The number of fused-ring (bicyclic) bond motifs is 1. The minimum absolute atomic E-state index is 0.0580. The minimum atomic E-state index is 0.0580. The molecule has 1 fully saturated rings. The van der Waals surface area contributed by atoms with E-state index in [1.54, 1.807) is 0 Å². The highest BCUT2D eigenvalue weighted by atomic mass is 16.5. The monoisotopic (exact) mass is 307 g/mol. The highest BCUT2D eigenvalue weighted by Gasteiger charge is 2.43. The van der Waals surface area contributed by atoms with Crippen molar-refractivity contribution in [2.24, 2.45) is 0 Å². The van der Waals surface area contributed by atoms with Gasteiger partial charge < -0.3 is 10.1 Å². The Morgan fingerprint density at radius 1 is 1.00 bits per heavy atom. The fraction of sp³-hybridized carbons (Fsp3) is 0.429. The van der Waals surface area contributed by atoms with Crippen LogP contribution >= 0.6 is 0 Å². The molecule has 2 heteroatoms. The number of ether oxygens (including phenoxy) is 1. The second-order valence-electron chi connectivity index (χ2n) is 7.09. The summed E-state index contributed by atoms with van der Waals surface area (Å²) in [6.45, 7) is 2.26. The Hall–Kier alpha value is -1.80. The number of rotatable bonds is 3. The first-order chi connectivity index (χ1) is 11.3. The van der Waals surface area contributed by atoms with E-state index in [0.717, 1.165) is 12.2 Å².